The Kier molecular flexibility index (Phi) is 7.15. The molecule has 0 aliphatic rings. The van der Waals surface area contributed by atoms with Crippen LogP contribution in [0.5, 0.6) is 0 Å². The van der Waals surface area contributed by atoms with E-state index in [9.17, 15) is 8.42 Å². The number of sulfonamides is 1. The first-order valence-electron chi connectivity index (χ1n) is 7.16. The van der Waals surface area contributed by atoms with E-state index in [0.29, 0.717) is 16.8 Å². The highest BCUT2D eigenvalue weighted by Gasteiger charge is 2.22. The summed E-state index contributed by atoms with van der Waals surface area (Å²) in [5, 5.41) is 3.34. The zero-order valence-corrected chi connectivity index (χ0v) is 14.5. The Labute approximate surface area is 127 Å². The molecule has 1 heterocycles. The highest BCUT2D eigenvalue weighted by atomic mass is 32.2. The molecule has 6 heteroatoms. The molecule has 4 nitrogen and oxygen atoms in total. The van der Waals surface area contributed by atoms with Gasteiger partial charge in [-0.15, -0.1) is 11.3 Å². The third-order valence-electron chi connectivity index (χ3n) is 3.05. The molecule has 0 atom stereocenters. The van der Waals surface area contributed by atoms with Crippen LogP contribution in [0.15, 0.2) is 16.3 Å². The minimum absolute atomic E-state index is 0.454. The van der Waals surface area contributed by atoms with Crippen molar-refractivity contribution in [1.82, 2.24) is 9.62 Å². The van der Waals surface area contributed by atoms with E-state index in [-0.39, 0.29) is 0 Å². The van der Waals surface area contributed by atoms with Crippen LogP contribution >= 0.6 is 11.3 Å². The van der Waals surface area contributed by atoms with Crippen molar-refractivity contribution >= 4 is 21.4 Å². The highest BCUT2D eigenvalue weighted by molar-refractivity contribution is 7.91. The van der Waals surface area contributed by atoms with E-state index in [2.05, 4.69) is 26.1 Å². The fraction of sp³-hybridized carbons (Fsp3) is 0.714. The van der Waals surface area contributed by atoms with Crippen molar-refractivity contribution in [3.63, 3.8) is 0 Å². The van der Waals surface area contributed by atoms with E-state index in [4.69, 9.17) is 0 Å². The van der Waals surface area contributed by atoms with E-state index in [1.165, 1.54) is 15.6 Å². The maximum absolute atomic E-state index is 12.4. The second kappa shape index (κ2) is 8.12. The van der Waals surface area contributed by atoms with Gasteiger partial charge in [0.2, 0.25) is 0 Å². The number of nitrogens with zero attached hydrogens (tertiary/aromatic N) is 1. The van der Waals surface area contributed by atoms with E-state index in [1.54, 1.807) is 13.1 Å². The van der Waals surface area contributed by atoms with Crippen LogP contribution in [0.4, 0.5) is 0 Å². The highest BCUT2D eigenvalue weighted by Crippen LogP contribution is 2.24. The van der Waals surface area contributed by atoms with Crippen molar-refractivity contribution in [3.05, 3.63) is 17.0 Å². The lowest BCUT2D eigenvalue weighted by Crippen LogP contribution is -2.27. The molecule has 1 N–H and O–H groups in total. The second-order valence-corrected chi connectivity index (χ2v) is 8.70. The Morgan fingerprint density at radius 3 is 2.65 bits per heavy atom. The van der Waals surface area contributed by atoms with Gasteiger partial charge in [-0.2, -0.15) is 0 Å². The van der Waals surface area contributed by atoms with Gasteiger partial charge in [0.05, 0.1) is 0 Å². The molecule has 1 rings (SSSR count). The van der Waals surface area contributed by atoms with Crippen molar-refractivity contribution in [2.45, 2.75) is 50.3 Å². The molecule has 0 radical (unpaired) electrons. The van der Waals surface area contributed by atoms with Gasteiger partial charge in [0, 0.05) is 31.1 Å². The van der Waals surface area contributed by atoms with Crippen LogP contribution in [0, 0.1) is 0 Å². The quantitative estimate of drug-likeness (QED) is 0.761. The molecule has 0 saturated heterocycles. The molecule has 116 valence electrons. The third kappa shape index (κ3) is 5.16. The Hall–Kier alpha value is -0.430. The summed E-state index contributed by atoms with van der Waals surface area (Å²) in [6, 6.07) is 4.11. The predicted octanol–water partition coefficient (Wildman–Crippen LogP) is 2.71. The maximum Gasteiger partial charge on any atom is 0.252 e. The van der Waals surface area contributed by atoms with Crippen LogP contribution in [0.2, 0.25) is 0 Å². The lowest BCUT2D eigenvalue weighted by molar-refractivity contribution is 0.461. The first kappa shape index (κ1) is 17.6. The fourth-order valence-corrected chi connectivity index (χ4v) is 4.55. The molecule has 0 unspecified atom stereocenters. The van der Waals surface area contributed by atoms with Gasteiger partial charge in [-0.05, 0) is 25.0 Å². The molecule has 0 spiro atoms. The van der Waals surface area contributed by atoms with Gasteiger partial charge in [0.1, 0.15) is 4.21 Å². The molecule has 0 aromatic carbocycles. The first-order valence-corrected chi connectivity index (χ1v) is 9.42. The molecule has 0 fully saturated rings. The van der Waals surface area contributed by atoms with Gasteiger partial charge in [0.15, 0.2) is 0 Å². The first-order chi connectivity index (χ1) is 9.37. The van der Waals surface area contributed by atoms with Crippen molar-refractivity contribution in [2.75, 3.05) is 20.1 Å². The number of hydrogen-bond acceptors (Lipinski definition) is 4. The number of nitrogens with one attached hydrogen (secondary N) is 1. The normalized spacial score (nSPS) is 12.5. The molecule has 0 saturated carbocycles. The summed E-state index contributed by atoms with van der Waals surface area (Å²) in [4.78, 5) is 1.11. The molecule has 1 aromatic rings. The van der Waals surface area contributed by atoms with Crippen LogP contribution in [0.3, 0.4) is 0 Å². The Bertz CT molecular complexity index is 495. The second-order valence-electron chi connectivity index (χ2n) is 5.26. The van der Waals surface area contributed by atoms with Gasteiger partial charge in [-0.25, -0.2) is 12.7 Å². The molecule has 0 aliphatic carbocycles. The topological polar surface area (TPSA) is 49.4 Å². The molecule has 1 aromatic heterocycles. The molecule has 0 amide bonds. The Morgan fingerprint density at radius 1 is 1.35 bits per heavy atom. The zero-order chi connectivity index (χ0) is 15.2. The maximum atomic E-state index is 12.4. The van der Waals surface area contributed by atoms with E-state index in [1.807, 2.05) is 6.07 Å². The van der Waals surface area contributed by atoms with Gasteiger partial charge >= 0.3 is 0 Å². The summed E-state index contributed by atoms with van der Waals surface area (Å²) in [6.07, 6.45) is 2.76. The van der Waals surface area contributed by atoms with Crippen LogP contribution in [0.1, 0.15) is 38.5 Å². The van der Waals surface area contributed by atoms with Crippen LogP contribution in [-0.4, -0.2) is 38.9 Å². The summed E-state index contributed by atoms with van der Waals surface area (Å²) in [7, 11) is -1.64. The number of rotatable bonds is 9. The molecule has 20 heavy (non-hydrogen) atoms. The zero-order valence-electron chi connectivity index (χ0n) is 12.8. The predicted molar refractivity (Wildman–Crippen MR) is 85.9 cm³/mol. The largest absolute Gasteiger partial charge is 0.314 e. The molecule has 0 aliphatic heterocycles. The third-order valence-corrected chi connectivity index (χ3v) is 6.52. The minimum atomic E-state index is -3.30. The van der Waals surface area contributed by atoms with Crippen LogP contribution in [0.25, 0.3) is 0 Å². The van der Waals surface area contributed by atoms with E-state index >= 15 is 0 Å². The van der Waals surface area contributed by atoms with Gasteiger partial charge in [-0.1, -0.05) is 27.2 Å². The monoisotopic (exact) mass is 318 g/mol. The molecular weight excluding hydrogens is 292 g/mol. The number of hydrogen-bond donors (Lipinski definition) is 1. The van der Waals surface area contributed by atoms with Gasteiger partial charge < -0.3 is 5.32 Å². The fourth-order valence-electron chi connectivity index (χ4n) is 1.77. The van der Waals surface area contributed by atoms with Crippen LogP contribution < -0.4 is 5.32 Å². The summed E-state index contributed by atoms with van der Waals surface area (Å²) in [5.41, 5.74) is 0. The van der Waals surface area contributed by atoms with Gasteiger partial charge in [0.25, 0.3) is 10.0 Å². The Morgan fingerprint density at radius 2 is 2.05 bits per heavy atom. The standard InChI is InChI=1S/C14H26N2O2S2/c1-5-6-11-16(4)20(17,18)14-8-7-13(19-14)9-10-15-12(2)3/h7-8,12,15H,5-6,9-11H2,1-4H3. The Balaban J connectivity index is 2.65. The number of thiophene rings is 1. The van der Waals surface area contributed by atoms with Gasteiger partial charge in [-0.3, -0.25) is 0 Å². The molecule has 0 bridgehead atoms. The van der Waals surface area contributed by atoms with Crippen molar-refractivity contribution in [2.24, 2.45) is 0 Å². The van der Waals surface area contributed by atoms with E-state index < -0.39 is 10.0 Å². The van der Waals surface area contributed by atoms with Crippen molar-refractivity contribution < 1.29 is 8.42 Å². The van der Waals surface area contributed by atoms with Crippen molar-refractivity contribution in [1.29, 1.82) is 0 Å². The summed E-state index contributed by atoms with van der Waals surface area (Å²) >= 11 is 1.38. The average molecular weight is 319 g/mol. The number of unbranched alkanes of at least 4 members (excludes halogenated alkanes) is 1. The minimum Gasteiger partial charge on any atom is -0.314 e. The summed E-state index contributed by atoms with van der Waals surface area (Å²) in [5.74, 6) is 0. The molecular formula is C14H26N2O2S2. The van der Waals surface area contributed by atoms with E-state index in [0.717, 1.165) is 30.7 Å². The SMILES string of the molecule is CCCCN(C)S(=O)(=O)c1ccc(CCNC(C)C)s1. The van der Waals surface area contributed by atoms with Crippen molar-refractivity contribution in [3.8, 4) is 0 Å². The summed E-state index contributed by atoms with van der Waals surface area (Å²) in [6.45, 7) is 7.73. The lowest BCUT2D eigenvalue weighted by Gasteiger charge is -2.15. The average Bonchev–Trinajstić information content (AvgIpc) is 2.84. The lowest BCUT2D eigenvalue weighted by atomic mass is 10.3. The smallest absolute Gasteiger partial charge is 0.252 e. The van der Waals surface area contributed by atoms with Crippen LogP contribution in [-0.2, 0) is 16.4 Å². The summed E-state index contributed by atoms with van der Waals surface area (Å²) < 4.78 is 26.6.